The van der Waals surface area contributed by atoms with Crippen LogP contribution in [0.4, 0.5) is 0 Å². The van der Waals surface area contributed by atoms with Gasteiger partial charge in [0.2, 0.25) is 0 Å². The largest absolute Gasteiger partial charge is 0.506 e. The summed E-state index contributed by atoms with van der Waals surface area (Å²) in [6, 6.07) is 1.53. The van der Waals surface area contributed by atoms with Gasteiger partial charge in [-0.05, 0) is 29.9 Å². The van der Waals surface area contributed by atoms with Crippen LogP contribution in [0.5, 0.6) is 11.5 Å². The molecule has 0 bridgehead atoms. The zero-order valence-corrected chi connectivity index (χ0v) is 15.0. The first-order valence-corrected chi connectivity index (χ1v) is 7.93. The molecule has 0 radical (unpaired) electrons. The molecule has 0 aromatic carbocycles. The number of ketones is 1. The van der Waals surface area contributed by atoms with Gasteiger partial charge < -0.3 is 19.0 Å². The summed E-state index contributed by atoms with van der Waals surface area (Å²) in [5.41, 5.74) is -0.971. The van der Waals surface area contributed by atoms with Crippen molar-refractivity contribution in [1.29, 1.82) is 0 Å². The third kappa shape index (κ3) is 4.61. The van der Waals surface area contributed by atoms with Gasteiger partial charge in [-0.15, -0.1) is 0 Å². The lowest BCUT2D eigenvalue weighted by atomic mass is 10.1. The van der Waals surface area contributed by atoms with E-state index in [1.54, 1.807) is 0 Å². The van der Waals surface area contributed by atoms with E-state index >= 15 is 0 Å². The highest BCUT2D eigenvalue weighted by Crippen LogP contribution is 2.26. The number of esters is 1. The minimum absolute atomic E-state index is 0.0117. The lowest BCUT2D eigenvalue weighted by Crippen LogP contribution is -2.14. The maximum Gasteiger partial charge on any atom is 0.351 e. The number of allylic oxidation sites excluding steroid dienone is 1. The molecule has 0 saturated carbocycles. The summed E-state index contributed by atoms with van der Waals surface area (Å²) < 4.78 is 14.7. The van der Waals surface area contributed by atoms with Crippen LogP contribution in [0.1, 0.15) is 27.2 Å². The fourth-order valence-electron chi connectivity index (χ4n) is 2.18. The van der Waals surface area contributed by atoms with Crippen molar-refractivity contribution in [2.45, 2.75) is 0 Å². The van der Waals surface area contributed by atoms with Crippen LogP contribution in [-0.4, -0.2) is 35.6 Å². The van der Waals surface area contributed by atoms with Gasteiger partial charge in [0.15, 0.2) is 12.4 Å². The second-order valence-electron chi connectivity index (χ2n) is 5.32. The van der Waals surface area contributed by atoms with Gasteiger partial charge in [-0.3, -0.25) is 9.78 Å². The van der Waals surface area contributed by atoms with Crippen molar-refractivity contribution in [1.82, 2.24) is 4.98 Å². The second-order valence-corrected chi connectivity index (χ2v) is 5.32. The molecule has 0 spiro atoms. The second kappa shape index (κ2) is 9.13. The van der Waals surface area contributed by atoms with Crippen molar-refractivity contribution in [2.24, 2.45) is 0 Å². The Bertz CT molecular complexity index is 1020. The lowest BCUT2D eigenvalue weighted by Gasteiger charge is -2.06. The Labute approximate surface area is 160 Å². The standard InChI is InChI=1S/C20H17NO7/c1-4-14-16(5-2)28-20(25)18(19(14)24)15(22)7-6-12-8-13(10-21-9-12)27-11-17(23)26-3/h4-10,24H,1-2,11H2,3H3/b7-6+. The molecule has 0 atom stereocenters. The molecule has 0 aliphatic heterocycles. The Hall–Kier alpha value is -3.94. The molecule has 0 aliphatic carbocycles. The SMILES string of the molecule is C=Cc1oc(=O)c(C(=O)/C=C/c2cncc(OCC(=O)OC)c2)c(O)c1C=C. The Balaban J connectivity index is 2.27. The van der Waals surface area contributed by atoms with Crippen LogP contribution in [0.25, 0.3) is 18.2 Å². The zero-order chi connectivity index (χ0) is 20.7. The fraction of sp³-hybridized carbons (Fsp3) is 0.100. The Morgan fingerprint density at radius 2 is 2.04 bits per heavy atom. The molecule has 0 fully saturated rings. The van der Waals surface area contributed by atoms with Gasteiger partial charge in [-0.1, -0.05) is 19.2 Å². The van der Waals surface area contributed by atoms with Crippen molar-refractivity contribution in [2.75, 3.05) is 13.7 Å². The molecule has 28 heavy (non-hydrogen) atoms. The van der Waals surface area contributed by atoms with Crippen molar-refractivity contribution in [3.05, 3.63) is 70.6 Å². The van der Waals surface area contributed by atoms with Gasteiger partial charge in [-0.25, -0.2) is 9.59 Å². The molecule has 8 nitrogen and oxygen atoms in total. The van der Waals surface area contributed by atoms with E-state index in [1.165, 1.54) is 43.8 Å². The predicted octanol–water partition coefficient (Wildman–Crippen LogP) is 2.47. The molecular weight excluding hydrogens is 366 g/mol. The first-order valence-electron chi connectivity index (χ1n) is 7.93. The highest BCUT2D eigenvalue weighted by molar-refractivity contribution is 6.08. The average molecular weight is 383 g/mol. The van der Waals surface area contributed by atoms with Crippen LogP contribution < -0.4 is 10.4 Å². The summed E-state index contributed by atoms with van der Waals surface area (Å²) in [6.45, 7) is 6.70. The van der Waals surface area contributed by atoms with Crippen molar-refractivity contribution >= 4 is 30.0 Å². The third-order valence-corrected chi connectivity index (χ3v) is 3.55. The number of hydrogen-bond acceptors (Lipinski definition) is 8. The molecule has 1 N–H and O–H groups in total. The molecule has 144 valence electrons. The highest BCUT2D eigenvalue weighted by atomic mass is 16.6. The Kier molecular flexibility index (Phi) is 6.64. The normalized spacial score (nSPS) is 10.5. The summed E-state index contributed by atoms with van der Waals surface area (Å²) in [7, 11) is 1.24. The maximum atomic E-state index is 12.4. The number of nitrogens with zero attached hydrogens (tertiary/aromatic N) is 1. The van der Waals surface area contributed by atoms with Crippen LogP contribution in [0.15, 0.2) is 46.9 Å². The molecule has 2 aromatic heterocycles. The minimum atomic E-state index is -0.999. The van der Waals surface area contributed by atoms with Crippen molar-refractivity contribution < 1.29 is 28.6 Å². The summed E-state index contributed by atoms with van der Waals surface area (Å²) in [4.78, 5) is 39.5. The predicted molar refractivity (Wildman–Crippen MR) is 102 cm³/mol. The quantitative estimate of drug-likeness (QED) is 0.420. The van der Waals surface area contributed by atoms with Gasteiger partial charge >= 0.3 is 11.6 Å². The summed E-state index contributed by atoms with van der Waals surface area (Å²) >= 11 is 0. The summed E-state index contributed by atoms with van der Waals surface area (Å²) in [5, 5.41) is 10.2. The van der Waals surface area contributed by atoms with Crippen LogP contribution in [0.3, 0.4) is 0 Å². The van der Waals surface area contributed by atoms with Gasteiger partial charge in [-0.2, -0.15) is 0 Å². The molecule has 0 unspecified atom stereocenters. The third-order valence-electron chi connectivity index (χ3n) is 3.55. The summed E-state index contributed by atoms with van der Waals surface area (Å²) in [5.74, 6) is -1.57. The van der Waals surface area contributed by atoms with Crippen LogP contribution >= 0.6 is 0 Å². The van der Waals surface area contributed by atoms with Gasteiger partial charge in [0, 0.05) is 6.20 Å². The molecule has 0 amide bonds. The highest BCUT2D eigenvalue weighted by Gasteiger charge is 2.20. The number of carbonyl (C=O) groups excluding carboxylic acids is 2. The van der Waals surface area contributed by atoms with E-state index in [0.717, 1.165) is 6.08 Å². The van der Waals surface area contributed by atoms with E-state index in [2.05, 4.69) is 22.9 Å². The number of aromatic hydroxyl groups is 1. The molecular formula is C20H17NO7. The van der Waals surface area contributed by atoms with E-state index in [0.29, 0.717) is 5.56 Å². The molecule has 0 aliphatic rings. The van der Waals surface area contributed by atoms with Crippen LogP contribution in [0.2, 0.25) is 0 Å². The summed E-state index contributed by atoms with van der Waals surface area (Å²) in [6.07, 6.45) is 7.75. The molecule has 2 aromatic rings. The van der Waals surface area contributed by atoms with Gasteiger partial charge in [0.05, 0.1) is 18.9 Å². The minimum Gasteiger partial charge on any atom is -0.506 e. The molecule has 2 heterocycles. The van der Waals surface area contributed by atoms with E-state index in [4.69, 9.17) is 9.15 Å². The first kappa shape index (κ1) is 20.4. The van der Waals surface area contributed by atoms with Crippen LogP contribution in [-0.2, 0) is 9.53 Å². The van der Waals surface area contributed by atoms with Gasteiger partial charge in [0.25, 0.3) is 0 Å². The number of carbonyl (C=O) groups is 2. The van der Waals surface area contributed by atoms with E-state index in [9.17, 15) is 19.5 Å². The topological polar surface area (TPSA) is 116 Å². The fourth-order valence-corrected chi connectivity index (χ4v) is 2.18. The van der Waals surface area contributed by atoms with E-state index in [-0.39, 0.29) is 23.7 Å². The first-order chi connectivity index (χ1) is 13.4. The van der Waals surface area contributed by atoms with Crippen molar-refractivity contribution in [3.8, 4) is 11.5 Å². The Morgan fingerprint density at radius 1 is 1.29 bits per heavy atom. The number of ether oxygens (including phenoxy) is 2. The van der Waals surface area contributed by atoms with E-state index < -0.39 is 28.7 Å². The molecule has 2 rings (SSSR count). The average Bonchev–Trinajstić information content (AvgIpc) is 2.70. The number of pyridine rings is 1. The van der Waals surface area contributed by atoms with Crippen LogP contribution in [0, 0.1) is 0 Å². The number of methoxy groups -OCH3 is 1. The van der Waals surface area contributed by atoms with Gasteiger partial charge in [0.1, 0.15) is 22.8 Å². The van der Waals surface area contributed by atoms with E-state index in [1.807, 2.05) is 0 Å². The lowest BCUT2D eigenvalue weighted by molar-refractivity contribution is -0.142. The molecule has 0 saturated heterocycles. The zero-order valence-electron chi connectivity index (χ0n) is 15.0. The number of aromatic nitrogens is 1. The molecule has 8 heteroatoms. The van der Waals surface area contributed by atoms with Crippen molar-refractivity contribution in [3.63, 3.8) is 0 Å². The monoisotopic (exact) mass is 383 g/mol. The number of rotatable bonds is 8. The number of hydrogen-bond donors (Lipinski definition) is 1. The smallest absolute Gasteiger partial charge is 0.351 e. The Morgan fingerprint density at radius 3 is 2.68 bits per heavy atom. The maximum absolute atomic E-state index is 12.4.